The Morgan fingerprint density at radius 3 is 2.74 bits per heavy atom. The van der Waals surface area contributed by atoms with E-state index in [-0.39, 0.29) is 6.04 Å². The standard InChI is InChI=1S/C13H13BrClN3O/c1-19-10-4-9(6-17-7-10)13(18-16)8-2-3-12(15)11(14)5-8/h2-7,13,18H,16H2,1H3. The van der Waals surface area contributed by atoms with E-state index < -0.39 is 0 Å². The number of nitrogens with one attached hydrogen (secondary N) is 1. The van der Waals surface area contributed by atoms with Crippen LogP contribution in [-0.2, 0) is 0 Å². The molecule has 0 aliphatic carbocycles. The first-order valence-electron chi connectivity index (χ1n) is 5.55. The fourth-order valence-electron chi connectivity index (χ4n) is 1.78. The quantitative estimate of drug-likeness (QED) is 0.662. The summed E-state index contributed by atoms with van der Waals surface area (Å²) >= 11 is 9.39. The van der Waals surface area contributed by atoms with Crippen LogP contribution in [0.25, 0.3) is 0 Å². The summed E-state index contributed by atoms with van der Waals surface area (Å²) < 4.78 is 5.99. The fourth-order valence-corrected chi connectivity index (χ4v) is 2.30. The van der Waals surface area contributed by atoms with Gasteiger partial charge in [0.25, 0.3) is 0 Å². The van der Waals surface area contributed by atoms with Gasteiger partial charge in [0, 0.05) is 10.7 Å². The Balaban J connectivity index is 2.40. The number of hydrazine groups is 1. The van der Waals surface area contributed by atoms with Crippen LogP contribution >= 0.6 is 27.5 Å². The van der Waals surface area contributed by atoms with Gasteiger partial charge in [0.15, 0.2) is 0 Å². The lowest BCUT2D eigenvalue weighted by atomic mass is 10.0. The zero-order chi connectivity index (χ0) is 13.8. The molecule has 2 aromatic rings. The number of halogens is 2. The highest BCUT2D eigenvalue weighted by molar-refractivity contribution is 9.10. The SMILES string of the molecule is COc1cncc(C(NN)c2ccc(Cl)c(Br)c2)c1. The van der Waals surface area contributed by atoms with Crippen molar-refractivity contribution in [3.8, 4) is 5.75 Å². The molecule has 1 aromatic carbocycles. The summed E-state index contributed by atoms with van der Waals surface area (Å²) in [6.07, 6.45) is 3.39. The summed E-state index contributed by atoms with van der Waals surface area (Å²) in [4.78, 5) is 4.13. The van der Waals surface area contributed by atoms with Crippen molar-refractivity contribution in [2.45, 2.75) is 6.04 Å². The lowest BCUT2D eigenvalue weighted by molar-refractivity contribution is 0.411. The molecule has 0 fully saturated rings. The van der Waals surface area contributed by atoms with E-state index in [1.165, 1.54) is 0 Å². The smallest absolute Gasteiger partial charge is 0.137 e. The Hall–Kier alpha value is -1.14. The topological polar surface area (TPSA) is 60.2 Å². The average molecular weight is 343 g/mol. The molecule has 1 heterocycles. The predicted octanol–water partition coefficient (Wildman–Crippen LogP) is 3.06. The Morgan fingerprint density at radius 1 is 1.32 bits per heavy atom. The van der Waals surface area contributed by atoms with Crippen LogP contribution in [0.4, 0.5) is 0 Å². The first kappa shape index (κ1) is 14.3. The summed E-state index contributed by atoms with van der Waals surface area (Å²) in [5.41, 5.74) is 4.67. The van der Waals surface area contributed by atoms with Gasteiger partial charge in [0.05, 0.1) is 24.4 Å². The second kappa shape index (κ2) is 6.34. The molecule has 0 bridgehead atoms. The highest BCUT2D eigenvalue weighted by Gasteiger charge is 2.14. The number of benzene rings is 1. The van der Waals surface area contributed by atoms with Gasteiger partial charge in [-0.3, -0.25) is 10.8 Å². The van der Waals surface area contributed by atoms with Crippen LogP contribution in [0.5, 0.6) is 5.75 Å². The predicted molar refractivity (Wildman–Crippen MR) is 79.1 cm³/mol. The third-order valence-corrected chi connectivity index (χ3v) is 3.96. The van der Waals surface area contributed by atoms with Crippen molar-refractivity contribution in [3.05, 3.63) is 57.3 Å². The molecule has 100 valence electrons. The molecule has 0 aliphatic heterocycles. The van der Waals surface area contributed by atoms with Crippen molar-refractivity contribution < 1.29 is 4.74 Å². The number of ether oxygens (including phenoxy) is 1. The van der Waals surface area contributed by atoms with Gasteiger partial charge in [-0.2, -0.15) is 0 Å². The summed E-state index contributed by atoms with van der Waals surface area (Å²) in [5.74, 6) is 6.34. The van der Waals surface area contributed by atoms with Gasteiger partial charge in [-0.1, -0.05) is 17.7 Å². The van der Waals surface area contributed by atoms with Crippen molar-refractivity contribution in [2.24, 2.45) is 5.84 Å². The summed E-state index contributed by atoms with van der Waals surface area (Å²) in [5, 5.41) is 0.656. The summed E-state index contributed by atoms with van der Waals surface area (Å²) in [6, 6.07) is 7.36. The van der Waals surface area contributed by atoms with Crippen LogP contribution in [0.1, 0.15) is 17.2 Å². The first-order chi connectivity index (χ1) is 9.15. The van der Waals surface area contributed by atoms with E-state index in [2.05, 4.69) is 26.3 Å². The van der Waals surface area contributed by atoms with Gasteiger partial charge >= 0.3 is 0 Å². The number of rotatable bonds is 4. The van der Waals surface area contributed by atoms with Crippen molar-refractivity contribution in [1.29, 1.82) is 0 Å². The normalized spacial score (nSPS) is 12.2. The molecule has 1 unspecified atom stereocenters. The van der Waals surface area contributed by atoms with Crippen molar-refractivity contribution >= 4 is 27.5 Å². The van der Waals surface area contributed by atoms with E-state index in [1.807, 2.05) is 24.3 Å². The highest BCUT2D eigenvalue weighted by Crippen LogP contribution is 2.29. The molecule has 0 saturated heterocycles. The number of pyridine rings is 1. The van der Waals surface area contributed by atoms with Gasteiger partial charge < -0.3 is 4.74 Å². The molecule has 1 aromatic heterocycles. The molecule has 1 atom stereocenters. The average Bonchev–Trinajstić information content (AvgIpc) is 2.44. The number of nitrogens with two attached hydrogens (primary N) is 1. The van der Waals surface area contributed by atoms with E-state index in [9.17, 15) is 0 Å². The van der Waals surface area contributed by atoms with Crippen LogP contribution in [-0.4, -0.2) is 12.1 Å². The highest BCUT2D eigenvalue weighted by atomic mass is 79.9. The number of methoxy groups -OCH3 is 1. The van der Waals surface area contributed by atoms with Crippen LogP contribution < -0.4 is 16.0 Å². The van der Waals surface area contributed by atoms with Gasteiger partial charge in [0.1, 0.15) is 5.75 Å². The molecule has 19 heavy (non-hydrogen) atoms. The van der Waals surface area contributed by atoms with Gasteiger partial charge in [-0.15, -0.1) is 0 Å². The third kappa shape index (κ3) is 3.25. The second-order valence-corrected chi connectivity index (χ2v) is 5.19. The van der Waals surface area contributed by atoms with Crippen molar-refractivity contribution in [2.75, 3.05) is 7.11 Å². The van der Waals surface area contributed by atoms with Gasteiger partial charge in [-0.05, 0) is 45.3 Å². The Morgan fingerprint density at radius 2 is 2.11 bits per heavy atom. The number of hydrogen-bond acceptors (Lipinski definition) is 4. The molecule has 0 saturated carbocycles. The van der Waals surface area contributed by atoms with E-state index in [0.29, 0.717) is 10.8 Å². The van der Waals surface area contributed by atoms with E-state index in [4.69, 9.17) is 22.2 Å². The minimum absolute atomic E-state index is 0.184. The minimum Gasteiger partial charge on any atom is -0.495 e. The summed E-state index contributed by atoms with van der Waals surface area (Å²) in [7, 11) is 1.60. The second-order valence-electron chi connectivity index (χ2n) is 3.93. The fraction of sp³-hybridized carbons (Fsp3) is 0.154. The molecule has 6 heteroatoms. The maximum Gasteiger partial charge on any atom is 0.137 e. The Labute approximate surface area is 125 Å². The largest absolute Gasteiger partial charge is 0.495 e. The van der Waals surface area contributed by atoms with E-state index in [1.54, 1.807) is 19.5 Å². The van der Waals surface area contributed by atoms with Crippen molar-refractivity contribution in [1.82, 2.24) is 10.4 Å². The van der Waals surface area contributed by atoms with Crippen molar-refractivity contribution in [3.63, 3.8) is 0 Å². The molecule has 0 amide bonds. The van der Waals surface area contributed by atoms with Crippen LogP contribution in [0, 0.1) is 0 Å². The van der Waals surface area contributed by atoms with E-state index in [0.717, 1.165) is 15.6 Å². The maximum atomic E-state index is 5.99. The lowest BCUT2D eigenvalue weighted by Crippen LogP contribution is -2.29. The molecular weight excluding hydrogens is 330 g/mol. The molecule has 0 spiro atoms. The minimum atomic E-state index is -0.184. The molecular formula is C13H13BrClN3O. The van der Waals surface area contributed by atoms with Gasteiger partial charge in [0.2, 0.25) is 0 Å². The number of aromatic nitrogens is 1. The monoisotopic (exact) mass is 341 g/mol. The summed E-state index contributed by atoms with van der Waals surface area (Å²) in [6.45, 7) is 0. The molecule has 0 aliphatic rings. The molecule has 4 nitrogen and oxygen atoms in total. The Bertz CT molecular complexity index is 580. The van der Waals surface area contributed by atoms with Crippen LogP contribution in [0.3, 0.4) is 0 Å². The molecule has 2 rings (SSSR count). The molecule has 0 radical (unpaired) electrons. The zero-order valence-corrected chi connectivity index (χ0v) is 12.6. The number of hydrogen-bond donors (Lipinski definition) is 2. The first-order valence-corrected chi connectivity index (χ1v) is 6.73. The molecule has 3 N–H and O–H groups in total. The third-order valence-electron chi connectivity index (χ3n) is 2.75. The van der Waals surface area contributed by atoms with Gasteiger partial charge in [-0.25, -0.2) is 5.43 Å². The van der Waals surface area contributed by atoms with Crippen LogP contribution in [0.2, 0.25) is 5.02 Å². The number of nitrogens with zero attached hydrogens (tertiary/aromatic N) is 1. The zero-order valence-electron chi connectivity index (χ0n) is 10.2. The maximum absolute atomic E-state index is 5.99. The van der Waals surface area contributed by atoms with Crippen LogP contribution in [0.15, 0.2) is 41.1 Å². The Kier molecular flexibility index (Phi) is 4.76. The van der Waals surface area contributed by atoms with E-state index >= 15 is 0 Å². The lowest BCUT2D eigenvalue weighted by Gasteiger charge is -2.17.